The molecule has 1 nitrogen and oxygen atoms in total. The molecule has 0 bridgehead atoms. The molecule has 0 radical (unpaired) electrons. The molecular formula is C7H7FOS. The zero-order valence-corrected chi connectivity index (χ0v) is 6.32. The van der Waals surface area contributed by atoms with Crippen LogP contribution in [0.1, 0.15) is 11.8 Å². The fourth-order valence-electron chi connectivity index (χ4n) is 0.615. The monoisotopic (exact) mass is 158 g/mol. The van der Waals surface area contributed by atoms with Gasteiger partial charge in [-0.1, -0.05) is 6.07 Å². The van der Waals surface area contributed by atoms with Crippen LogP contribution < -0.4 is 0 Å². The highest BCUT2D eigenvalue weighted by Gasteiger charge is 2.25. The SMILES string of the molecule is CC(F)(C=O)c1cccs1. The fourth-order valence-corrected chi connectivity index (χ4v) is 1.35. The summed E-state index contributed by atoms with van der Waals surface area (Å²) in [4.78, 5) is 10.6. The van der Waals surface area contributed by atoms with E-state index in [0.717, 1.165) is 0 Å². The van der Waals surface area contributed by atoms with Gasteiger partial charge in [0.1, 0.15) is 0 Å². The average molecular weight is 158 g/mol. The van der Waals surface area contributed by atoms with Gasteiger partial charge in [0.15, 0.2) is 12.0 Å². The van der Waals surface area contributed by atoms with Crippen LogP contribution in [0.3, 0.4) is 0 Å². The molecule has 0 amide bonds. The minimum Gasteiger partial charge on any atom is -0.299 e. The highest BCUT2D eigenvalue weighted by molar-refractivity contribution is 7.10. The van der Waals surface area contributed by atoms with E-state index in [1.807, 2.05) is 0 Å². The fraction of sp³-hybridized carbons (Fsp3) is 0.286. The van der Waals surface area contributed by atoms with Crippen molar-refractivity contribution in [1.29, 1.82) is 0 Å². The number of hydrogen-bond donors (Lipinski definition) is 0. The molecule has 54 valence electrons. The largest absolute Gasteiger partial charge is 0.299 e. The third-order valence-electron chi connectivity index (χ3n) is 1.22. The highest BCUT2D eigenvalue weighted by atomic mass is 32.1. The molecule has 0 N–H and O–H groups in total. The van der Waals surface area contributed by atoms with Crippen molar-refractivity contribution in [2.45, 2.75) is 12.6 Å². The summed E-state index contributed by atoms with van der Waals surface area (Å²) in [5.41, 5.74) is -1.80. The van der Waals surface area contributed by atoms with E-state index in [4.69, 9.17) is 0 Å². The van der Waals surface area contributed by atoms with Crippen molar-refractivity contribution in [2.24, 2.45) is 0 Å². The molecule has 0 aromatic carbocycles. The van der Waals surface area contributed by atoms with Gasteiger partial charge < -0.3 is 0 Å². The van der Waals surface area contributed by atoms with E-state index in [9.17, 15) is 9.18 Å². The lowest BCUT2D eigenvalue weighted by Crippen LogP contribution is -2.14. The first-order valence-corrected chi connectivity index (χ1v) is 3.74. The smallest absolute Gasteiger partial charge is 0.196 e. The minimum atomic E-state index is -1.80. The van der Waals surface area contributed by atoms with Gasteiger partial charge in [-0.05, 0) is 18.4 Å². The first-order valence-electron chi connectivity index (χ1n) is 2.86. The highest BCUT2D eigenvalue weighted by Crippen LogP contribution is 2.26. The van der Waals surface area contributed by atoms with Gasteiger partial charge in [0.05, 0.1) is 0 Å². The van der Waals surface area contributed by atoms with Crippen molar-refractivity contribution in [3.05, 3.63) is 22.4 Å². The van der Waals surface area contributed by atoms with E-state index in [1.165, 1.54) is 18.3 Å². The van der Waals surface area contributed by atoms with E-state index in [1.54, 1.807) is 17.5 Å². The maximum atomic E-state index is 13.0. The van der Waals surface area contributed by atoms with Crippen LogP contribution in [-0.2, 0) is 10.5 Å². The van der Waals surface area contributed by atoms with Gasteiger partial charge in [0, 0.05) is 4.88 Å². The lowest BCUT2D eigenvalue weighted by molar-refractivity contribution is -0.117. The third-order valence-corrected chi connectivity index (χ3v) is 2.31. The molecule has 0 aliphatic rings. The summed E-state index contributed by atoms with van der Waals surface area (Å²) >= 11 is 1.25. The predicted molar refractivity (Wildman–Crippen MR) is 38.8 cm³/mol. The number of rotatable bonds is 2. The molecule has 0 aliphatic carbocycles. The van der Waals surface area contributed by atoms with Gasteiger partial charge in [0.2, 0.25) is 0 Å². The Morgan fingerprint density at radius 2 is 2.50 bits per heavy atom. The Bertz CT molecular complexity index is 216. The zero-order chi connectivity index (χ0) is 7.61. The molecule has 1 aromatic heterocycles. The Morgan fingerprint density at radius 3 is 2.90 bits per heavy atom. The van der Waals surface area contributed by atoms with Crippen LogP contribution in [-0.4, -0.2) is 6.29 Å². The average Bonchev–Trinajstić information content (AvgIpc) is 2.38. The molecule has 1 heterocycles. The van der Waals surface area contributed by atoms with Crippen LogP contribution in [0.5, 0.6) is 0 Å². The number of thiophene rings is 1. The Balaban J connectivity index is 2.95. The topological polar surface area (TPSA) is 17.1 Å². The summed E-state index contributed by atoms with van der Waals surface area (Å²) in [7, 11) is 0. The van der Waals surface area contributed by atoms with E-state index in [-0.39, 0.29) is 0 Å². The van der Waals surface area contributed by atoms with Gasteiger partial charge in [-0.15, -0.1) is 11.3 Å². The summed E-state index contributed by atoms with van der Waals surface area (Å²) in [6.45, 7) is 1.26. The van der Waals surface area contributed by atoms with Gasteiger partial charge in [-0.2, -0.15) is 0 Å². The maximum Gasteiger partial charge on any atom is 0.196 e. The van der Waals surface area contributed by atoms with E-state index in [2.05, 4.69) is 0 Å². The van der Waals surface area contributed by atoms with Crippen molar-refractivity contribution in [3.8, 4) is 0 Å². The predicted octanol–water partition coefficient (Wildman–Crippen LogP) is 2.13. The van der Waals surface area contributed by atoms with Crippen molar-refractivity contribution in [3.63, 3.8) is 0 Å². The van der Waals surface area contributed by atoms with Crippen molar-refractivity contribution >= 4 is 17.6 Å². The number of carbonyl (C=O) groups is 1. The summed E-state index contributed by atoms with van der Waals surface area (Å²) in [5.74, 6) is 0. The molecule has 1 aromatic rings. The normalized spacial score (nSPS) is 16.2. The summed E-state index contributed by atoms with van der Waals surface area (Å²) in [6, 6.07) is 3.33. The van der Waals surface area contributed by atoms with E-state index >= 15 is 0 Å². The summed E-state index contributed by atoms with van der Waals surface area (Å²) in [6.07, 6.45) is 0.318. The number of hydrogen-bond acceptors (Lipinski definition) is 2. The molecular weight excluding hydrogens is 151 g/mol. The van der Waals surface area contributed by atoms with Crippen LogP contribution in [0.4, 0.5) is 4.39 Å². The maximum absolute atomic E-state index is 13.0. The van der Waals surface area contributed by atoms with Crippen LogP contribution >= 0.6 is 11.3 Å². The van der Waals surface area contributed by atoms with Gasteiger partial charge in [-0.3, -0.25) is 4.79 Å². The second kappa shape index (κ2) is 2.50. The molecule has 10 heavy (non-hydrogen) atoms. The molecule has 0 saturated heterocycles. The van der Waals surface area contributed by atoms with Crippen LogP contribution in [0, 0.1) is 0 Å². The molecule has 0 aliphatic heterocycles. The van der Waals surface area contributed by atoms with Gasteiger partial charge in [-0.25, -0.2) is 4.39 Å². The molecule has 0 spiro atoms. The standard InChI is InChI=1S/C7H7FOS/c1-7(8,5-9)6-3-2-4-10-6/h2-5H,1H3. The van der Waals surface area contributed by atoms with Gasteiger partial charge in [0.25, 0.3) is 0 Å². The first kappa shape index (κ1) is 7.41. The van der Waals surface area contributed by atoms with Crippen LogP contribution in [0.2, 0.25) is 0 Å². The van der Waals surface area contributed by atoms with E-state index in [0.29, 0.717) is 11.2 Å². The number of carbonyl (C=O) groups excluding carboxylic acids is 1. The lowest BCUT2D eigenvalue weighted by Gasteiger charge is -2.08. The van der Waals surface area contributed by atoms with Crippen molar-refractivity contribution in [2.75, 3.05) is 0 Å². The second-order valence-electron chi connectivity index (χ2n) is 2.17. The first-order chi connectivity index (χ1) is 4.67. The molecule has 0 saturated carbocycles. The Morgan fingerprint density at radius 1 is 1.80 bits per heavy atom. The Kier molecular flexibility index (Phi) is 1.85. The lowest BCUT2D eigenvalue weighted by atomic mass is 10.1. The number of aldehydes is 1. The van der Waals surface area contributed by atoms with Crippen LogP contribution in [0.25, 0.3) is 0 Å². The minimum absolute atomic E-state index is 0.318. The van der Waals surface area contributed by atoms with Crippen molar-refractivity contribution in [1.82, 2.24) is 0 Å². The summed E-state index contributed by atoms with van der Waals surface area (Å²) < 4.78 is 13.0. The third kappa shape index (κ3) is 1.24. The molecule has 0 fully saturated rings. The van der Waals surface area contributed by atoms with E-state index < -0.39 is 5.67 Å². The number of alkyl halides is 1. The zero-order valence-electron chi connectivity index (χ0n) is 5.50. The second-order valence-corrected chi connectivity index (χ2v) is 3.12. The number of halogens is 1. The van der Waals surface area contributed by atoms with Crippen molar-refractivity contribution < 1.29 is 9.18 Å². The van der Waals surface area contributed by atoms with Crippen LogP contribution in [0.15, 0.2) is 17.5 Å². The molecule has 1 atom stereocenters. The molecule has 1 rings (SSSR count). The molecule has 1 unspecified atom stereocenters. The molecule has 3 heteroatoms. The van der Waals surface area contributed by atoms with Gasteiger partial charge >= 0.3 is 0 Å². The Hall–Kier alpha value is -0.700. The quantitative estimate of drug-likeness (QED) is 0.602. The Labute approximate surface area is 62.5 Å². The summed E-state index contributed by atoms with van der Waals surface area (Å²) in [5, 5.41) is 1.75.